The molecule has 1 fully saturated rings. The number of ether oxygens (including phenoxy) is 1. The van der Waals surface area contributed by atoms with E-state index in [4.69, 9.17) is 4.74 Å². The number of β-amino-alcohol motifs (C(OH)–C–C–N with tert-alkyl or cyclic N) is 1. The molecule has 0 spiro atoms. The van der Waals surface area contributed by atoms with Gasteiger partial charge in [0, 0.05) is 39.3 Å². The standard InChI is InChI=1S/C18H28N2O3/c1-3-23-18(22)17-6-4-16(5-7-17)8-9-19-10-12-20(13-11-19)14-15(2)21/h4-7,15,21H,3,8-14H2,1-2H3. The van der Waals surface area contributed by atoms with Crippen LogP contribution in [0.2, 0.25) is 0 Å². The topological polar surface area (TPSA) is 53.0 Å². The van der Waals surface area contributed by atoms with E-state index >= 15 is 0 Å². The van der Waals surface area contributed by atoms with Crippen molar-refractivity contribution in [1.82, 2.24) is 9.80 Å². The zero-order valence-electron chi connectivity index (χ0n) is 14.2. The van der Waals surface area contributed by atoms with Crippen molar-refractivity contribution in [3.8, 4) is 0 Å². The SMILES string of the molecule is CCOC(=O)c1ccc(CCN2CCN(CC(C)O)CC2)cc1. The number of benzene rings is 1. The first-order valence-electron chi connectivity index (χ1n) is 8.47. The van der Waals surface area contributed by atoms with E-state index in [0.717, 1.165) is 45.7 Å². The number of carbonyl (C=O) groups is 1. The number of carbonyl (C=O) groups excluding carboxylic acids is 1. The Bertz CT molecular complexity index is 480. The number of aliphatic hydroxyl groups excluding tert-OH is 1. The molecule has 0 aromatic heterocycles. The van der Waals surface area contributed by atoms with Gasteiger partial charge in [-0.05, 0) is 38.0 Å². The van der Waals surface area contributed by atoms with E-state index in [1.807, 2.05) is 38.1 Å². The summed E-state index contributed by atoms with van der Waals surface area (Å²) in [5.41, 5.74) is 1.85. The predicted octanol–water partition coefficient (Wildman–Crippen LogP) is 1.40. The molecular weight excluding hydrogens is 292 g/mol. The minimum Gasteiger partial charge on any atom is -0.462 e. The van der Waals surface area contributed by atoms with Crippen LogP contribution in [0.25, 0.3) is 0 Å². The van der Waals surface area contributed by atoms with Gasteiger partial charge in [-0.1, -0.05) is 12.1 Å². The first-order chi connectivity index (χ1) is 11.1. The van der Waals surface area contributed by atoms with Crippen molar-refractivity contribution < 1.29 is 14.6 Å². The fourth-order valence-corrected chi connectivity index (χ4v) is 2.88. The predicted molar refractivity (Wildman–Crippen MR) is 90.7 cm³/mol. The van der Waals surface area contributed by atoms with Crippen LogP contribution in [0.4, 0.5) is 0 Å². The maximum atomic E-state index is 11.6. The van der Waals surface area contributed by atoms with Gasteiger partial charge in [0.05, 0.1) is 18.3 Å². The molecule has 1 aliphatic rings. The van der Waals surface area contributed by atoms with Crippen LogP contribution in [0.15, 0.2) is 24.3 Å². The van der Waals surface area contributed by atoms with Crippen molar-refractivity contribution in [2.24, 2.45) is 0 Å². The molecule has 0 radical (unpaired) electrons. The highest BCUT2D eigenvalue weighted by Crippen LogP contribution is 2.09. The highest BCUT2D eigenvalue weighted by atomic mass is 16.5. The fraction of sp³-hybridized carbons (Fsp3) is 0.611. The molecule has 1 saturated heterocycles. The number of esters is 1. The Kier molecular flexibility index (Phi) is 7.02. The van der Waals surface area contributed by atoms with Crippen molar-refractivity contribution in [1.29, 1.82) is 0 Å². The second-order valence-electron chi connectivity index (χ2n) is 6.16. The lowest BCUT2D eigenvalue weighted by molar-refractivity contribution is 0.0526. The summed E-state index contributed by atoms with van der Waals surface area (Å²) in [6, 6.07) is 7.70. The van der Waals surface area contributed by atoms with Gasteiger partial charge in [-0.3, -0.25) is 4.90 Å². The van der Waals surface area contributed by atoms with Gasteiger partial charge < -0.3 is 14.7 Å². The molecule has 23 heavy (non-hydrogen) atoms. The average molecular weight is 320 g/mol. The Morgan fingerprint density at radius 2 is 1.78 bits per heavy atom. The molecule has 0 aliphatic carbocycles. The number of nitrogens with zero attached hydrogens (tertiary/aromatic N) is 2. The van der Waals surface area contributed by atoms with E-state index in [1.165, 1.54) is 5.56 Å². The van der Waals surface area contributed by atoms with E-state index in [-0.39, 0.29) is 12.1 Å². The number of hydrogen-bond donors (Lipinski definition) is 1. The third-order valence-electron chi connectivity index (χ3n) is 4.17. The van der Waals surface area contributed by atoms with E-state index in [9.17, 15) is 9.90 Å². The molecule has 2 rings (SSSR count). The maximum absolute atomic E-state index is 11.6. The lowest BCUT2D eigenvalue weighted by Gasteiger charge is -2.35. The zero-order chi connectivity index (χ0) is 16.7. The number of aliphatic hydroxyl groups is 1. The van der Waals surface area contributed by atoms with Crippen LogP contribution in [-0.4, -0.2) is 72.9 Å². The van der Waals surface area contributed by atoms with Gasteiger partial charge >= 0.3 is 5.97 Å². The molecule has 1 atom stereocenters. The third-order valence-corrected chi connectivity index (χ3v) is 4.17. The van der Waals surface area contributed by atoms with Gasteiger partial charge in [-0.15, -0.1) is 0 Å². The molecule has 0 bridgehead atoms. The number of piperazine rings is 1. The van der Waals surface area contributed by atoms with E-state index in [2.05, 4.69) is 9.80 Å². The summed E-state index contributed by atoms with van der Waals surface area (Å²) < 4.78 is 4.99. The molecule has 5 nitrogen and oxygen atoms in total. The molecule has 5 heteroatoms. The molecule has 128 valence electrons. The van der Waals surface area contributed by atoms with Crippen molar-refractivity contribution in [2.45, 2.75) is 26.4 Å². The third kappa shape index (κ3) is 5.94. The quantitative estimate of drug-likeness (QED) is 0.770. The molecule has 1 N–H and O–H groups in total. The monoisotopic (exact) mass is 320 g/mol. The largest absolute Gasteiger partial charge is 0.462 e. The zero-order valence-corrected chi connectivity index (χ0v) is 14.2. The fourth-order valence-electron chi connectivity index (χ4n) is 2.88. The highest BCUT2D eigenvalue weighted by Gasteiger charge is 2.17. The number of rotatable bonds is 7. The minimum atomic E-state index is -0.256. The van der Waals surface area contributed by atoms with Crippen molar-refractivity contribution in [2.75, 3.05) is 45.9 Å². The van der Waals surface area contributed by atoms with Crippen molar-refractivity contribution >= 4 is 5.97 Å². The van der Waals surface area contributed by atoms with Gasteiger partial charge in [0.2, 0.25) is 0 Å². The molecule has 1 unspecified atom stereocenters. The Labute approximate surface area is 138 Å². The molecule has 1 aromatic rings. The molecule has 0 saturated carbocycles. The van der Waals surface area contributed by atoms with Crippen LogP contribution in [0, 0.1) is 0 Å². The van der Waals surface area contributed by atoms with Crippen LogP contribution >= 0.6 is 0 Å². The lowest BCUT2D eigenvalue weighted by atomic mass is 10.1. The van der Waals surface area contributed by atoms with Gasteiger partial charge in [0.25, 0.3) is 0 Å². The van der Waals surface area contributed by atoms with E-state index < -0.39 is 0 Å². The average Bonchev–Trinajstić information content (AvgIpc) is 2.54. The summed E-state index contributed by atoms with van der Waals surface area (Å²) in [4.78, 5) is 16.4. The summed E-state index contributed by atoms with van der Waals surface area (Å²) in [5.74, 6) is -0.256. The molecule has 1 heterocycles. The van der Waals surface area contributed by atoms with Crippen LogP contribution in [0.3, 0.4) is 0 Å². The second-order valence-corrected chi connectivity index (χ2v) is 6.16. The second kappa shape index (κ2) is 9.01. The van der Waals surface area contributed by atoms with E-state index in [0.29, 0.717) is 12.2 Å². The lowest BCUT2D eigenvalue weighted by Crippen LogP contribution is -2.48. The Morgan fingerprint density at radius 1 is 1.17 bits per heavy atom. The normalized spacial score (nSPS) is 17.9. The highest BCUT2D eigenvalue weighted by molar-refractivity contribution is 5.89. The van der Waals surface area contributed by atoms with Crippen molar-refractivity contribution in [3.05, 3.63) is 35.4 Å². The maximum Gasteiger partial charge on any atom is 0.338 e. The summed E-state index contributed by atoms with van der Waals surface area (Å²) >= 11 is 0. The van der Waals surface area contributed by atoms with Gasteiger partial charge in [0.15, 0.2) is 0 Å². The first-order valence-corrected chi connectivity index (χ1v) is 8.47. The van der Waals surface area contributed by atoms with Crippen LogP contribution in [-0.2, 0) is 11.2 Å². The van der Waals surface area contributed by atoms with E-state index in [1.54, 1.807) is 0 Å². The summed E-state index contributed by atoms with van der Waals surface area (Å²) in [6.07, 6.45) is 0.735. The molecule has 1 aromatic carbocycles. The van der Waals surface area contributed by atoms with Gasteiger partial charge in [0.1, 0.15) is 0 Å². The Hall–Kier alpha value is -1.43. The molecule has 1 aliphatic heterocycles. The first kappa shape index (κ1) is 17.9. The van der Waals surface area contributed by atoms with Gasteiger partial charge in [-0.25, -0.2) is 4.79 Å². The van der Waals surface area contributed by atoms with Crippen LogP contribution < -0.4 is 0 Å². The molecule has 0 amide bonds. The Balaban J connectivity index is 1.73. The summed E-state index contributed by atoms with van der Waals surface area (Å²) in [6.45, 7) is 9.99. The molecular formula is C18H28N2O3. The minimum absolute atomic E-state index is 0.250. The number of hydrogen-bond acceptors (Lipinski definition) is 5. The van der Waals surface area contributed by atoms with Crippen LogP contribution in [0.1, 0.15) is 29.8 Å². The van der Waals surface area contributed by atoms with Crippen molar-refractivity contribution in [3.63, 3.8) is 0 Å². The summed E-state index contributed by atoms with van der Waals surface area (Å²) in [5, 5.41) is 9.43. The van der Waals surface area contributed by atoms with Gasteiger partial charge in [-0.2, -0.15) is 0 Å². The summed E-state index contributed by atoms with van der Waals surface area (Å²) in [7, 11) is 0. The smallest absolute Gasteiger partial charge is 0.338 e. The Morgan fingerprint density at radius 3 is 2.35 bits per heavy atom. The van der Waals surface area contributed by atoms with Crippen LogP contribution in [0.5, 0.6) is 0 Å².